The van der Waals surface area contributed by atoms with Gasteiger partial charge in [0.15, 0.2) is 0 Å². The molecule has 0 saturated heterocycles. The summed E-state index contributed by atoms with van der Waals surface area (Å²) in [6.45, 7) is 10.0. The second kappa shape index (κ2) is 14.7. The topological polar surface area (TPSA) is 51.0 Å². The molecule has 162 valence electrons. The van der Waals surface area contributed by atoms with Crippen LogP contribution in [0.1, 0.15) is 56.2 Å². The molecule has 0 amide bonds. The van der Waals surface area contributed by atoms with Crippen molar-refractivity contribution in [2.24, 2.45) is 4.99 Å². The summed E-state index contributed by atoms with van der Waals surface area (Å²) in [4.78, 5) is 4.80. The molecule has 2 rings (SSSR count). The molecule has 0 aliphatic carbocycles. The van der Waals surface area contributed by atoms with Crippen LogP contribution in [0.15, 0.2) is 41.4 Å². The minimum atomic E-state index is 0.0280. The number of hydrogen-bond donors (Lipinski definition) is 1. The molecule has 0 unspecified atom stereocenters. The number of rotatable bonds is 10. The molecular formula is C23H30ClNO3Pd. The average molecular weight is 510 g/mol. The Labute approximate surface area is 189 Å². The maximum absolute atomic E-state index is 8.66. The molecule has 6 heteroatoms. The summed E-state index contributed by atoms with van der Waals surface area (Å²) in [5.74, 6) is 1.58. The van der Waals surface area contributed by atoms with Crippen LogP contribution in [0.25, 0.3) is 0 Å². The van der Waals surface area contributed by atoms with Crippen LogP contribution in [0, 0.1) is 6.07 Å². The third kappa shape index (κ3) is 8.99. The van der Waals surface area contributed by atoms with E-state index in [9.17, 15) is 0 Å². The van der Waals surface area contributed by atoms with E-state index in [2.05, 4.69) is 79.7 Å². The van der Waals surface area contributed by atoms with Crippen LogP contribution in [0.2, 0.25) is 0 Å². The van der Waals surface area contributed by atoms with Crippen molar-refractivity contribution in [3.05, 3.63) is 59.2 Å². The van der Waals surface area contributed by atoms with Gasteiger partial charge < -0.3 is 19.6 Å². The Kier molecular flexibility index (Phi) is 13.1. The standard InChI is InChI=1S/C23H30NO3.ClH.Pd/c1-17(2)21-6-5-7-22(18(3)4)23(21)24-16-19-8-10-20(11-9-19)27-15-14-26-13-12-25;;/h5-8,10-11,16-18,25H,12-15H2,1-4H3;1H;/q-1;;+2/p-1. The van der Waals surface area contributed by atoms with Crippen LogP contribution in [0.4, 0.5) is 5.69 Å². The summed E-state index contributed by atoms with van der Waals surface area (Å²) < 4.78 is 10.8. The molecule has 0 radical (unpaired) electrons. The molecule has 29 heavy (non-hydrogen) atoms. The van der Waals surface area contributed by atoms with Gasteiger partial charge in [-0.15, -0.1) is 29.8 Å². The summed E-state index contributed by atoms with van der Waals surface area (Å²) in [7, 11) is 4.49. The summed E-state index contributed by atoms with van der Waals surface area (Å²) in [6.07, 6.45) is 1.86. The SMILES string of the molecule is CC(C)c1cccc(C(C)C)c1N=Cc1[c-]cc(OCCOCCO)cc1.[Cl][Pd+]. The molecule has 0 spiro atoms. The van der Waals surface area contributed by atoms with Crippen molar-refractivity contribution >= 4 is 21.4 Å². The van der Waals surface area contributed by atoms with Crippen LogP contribution in [0.5, 0.6) is 5.75 Å². The van der Waals surface area contributed by atoms with E-state index < -0.39 is 0 Å². The first-order valence-corrected chi connectivity index (χ1v) is 11.6. The zero-order valence-corrected chi connectivity index (χ0v) is 19.7. The van der Waals surface area contributed by atoms with E-state index in [-0.39, 0.29) is 6.61 Å². The van der Waals surface area contributed by atoms with E-state index in [0.717, 1.165) is 17.0 Å². The first kappa shape index (κ1) is 25.8. The molecular weight excluding hydrogens is 480 g/mol. The molecule has 0 aliphatic rings. The molecule has 0 aliphatic heterocycles. The monoisotopic (exact) mass is 509 g/mol. The second-order valence-corrected chi connectivity index (χ2v) is 7.02. The summed E-state index contributed by atoms with van der Waals surface area (Å²) >= 11 is 2.22. The Morgan fingerprint density at radius 3 is 2.21 bits per heavy atom. The van der Waals surface area contributed by atoms with Crippen LogP contribution in [-0.2, 0) is 22.9 Å². The first-order valence-electron chi connectivity index (χ1n) is 9.65. The van der Waals surface area contributed by atoms with Crippen molar-refractivity contribution in [2.75, 3.05) is 26.4 Å². The molecule has 0 heterocycles. The van der Waals surface area contributed by atoms with Gasteiger partial charge in [-0.05, 0) is 29.2 Å². The van der Waals surface area contributed by atoms with Crippen LogP contribution >= 0.6 is 9.53 Å². The Morgan fingerprint density at radius 1 is 1.03 bits per heavy atom. The van der Waals surface area contributed by atoms with Crippen molar-refractivity contribution in [2.45, 2.75) is 39.5 Å². The second-order valence-electron chi connectivity index (χ2n) is 7.02. The molecule has 2 aromatic rings. The van der Waals surface area contributed by atoms with Crippen molar-refractivity contribution in [3.8, 4) is 5.75 Å². The minimum absolute atomic E-state index is 0.0280. The number of hydrogen-bond acceptors (Lipinski definition) is 4. The van der Waals surface area contributed by atoms with Gasteiger partial charge in [-0.1, -0.05) is 45.9 Å². The fourth-order valence-corrected chi connectivity index (χ4v) is 2.77. The molecule has 1 N–H and O–H groups in total. The third-order valence-electron chi connectivity index (χ3n) is 4.22. The number of aliphatic hydroxyl groups is 1. The fraction of sp³-hybridized carbons (Fsp3) is 0.435. The summed E-state index contributed by atoms with van der Waals surface area (Å²) in [5.41, 5.74) is 4.50. The molecule has 0 aromatic heterocycles. The predicted molar refractivity (Wildman–Crippen MR) is 116 cm³/mol. The number of aliphatic hydroxyl groups excluding tert-OH is 1. The number of ether oxygens (including phenoxy) is 2. The summed E-state index contributed by atoms with van der Waals surface area (Å²) in [6, 6.07) is 15.3. The molecule has 2 aromatic carbocycles. The van der Waals surface area contributed by atoms with Crippen LogP contribution in [0.3, 0.4) is 0 Å². The van der Waals surface area contributed by atoms with Gasteiger partial charge in [-0.2, -0.15) is 0 Å². The Bertz CT molecular complexity index is 707. The van der Waals surface area contributed by atoms with Crippen molar-refractivity contribution < 1.29 is 32.8 Å². The van der Waals surface area contributed by atoms with Gasteiger partial charge in [0, 0.05) is 5.75 Å². The zero-order chi connectivity index (χ0) is 21.6. The number of para-hydroxylation sites is 1. The average Bonchev–Trinajstić information content (AvgIpc) is 2.74. The van der Waals surface area contributed by atoms with E-state index in [1.54, 1.807) is 0 Å². The number of aliphatic imine (C=N–C) groups is 1. The van der Waals surface area contributed by atoms with E-state index in [0.29, 0.717) is 31.7 Å². The molecule has 4 nitrogen and oxygen atoms in total. The van der Waals surface area contributed by atoms with E-state index in [1.165, 1.54) is 11.1 Å². The van der Waals surface area contributed by atoms with Crippen molar-refractivity contribution in [3.63, 3.8) is 0 Å². The normalized spacial score (nSPS) is 11.1. The Hall–Kier alpha value is -1.22. The van der Waals surface area contributed by atoms with Gasteiger partial charge in [0.2, 0.25) is 0 Å². The van der Waals surface area contributed by atoms with Gasteiger partial charge in [-0.25, -0.2) is 0 Å². The molecule has 0 bridgehead atoms. The van der Waals surface area contributed by atoms with Gasteiger partial charge in [0.05, 0.1) is 32.1 Å². The van der Waals surface area contributed by atoms with Crippen molar-refractivity contribution in [1.82, 2.24) is 0 Å². The number of halogens is 1. The van der Waals surface area contributed by atoms with Gasteiger partial charge in [0.1, 0.15) is 0 Å². The van der Waals surface area contributed by atoms with Crippen molar-refractivity contribution in [1.29, 1.82) is 0 Å². The zero-order valence-electron chi connectivity index (χ0n) is 17.4. The molecule has 0 atom stereocenters. The fourth-order valence-electron chi connectivity index (χ4n) is 2.77. The predicted octanol–water partition coefficient (Wildman–Crippen LogP) is 5.56. The van der Waals surface area contributed by atoms with E-state index >= 15 is 0 Å². The maximum atomic E-state index is 8.66. The van der Waals surface area contributed by atoms with E-state index in [4.69, 9.17) is 19.6 Å². The first-order chi connectivity index (χ1) is 14.0. The van der Waals surface area contributed by atoms with Crippen LogP contribution < -0.4 is 4.74 Å². The van der Waals surface area contributed by atoms with E-state index in [1.807, 2.05) is 24.4 Å². The quantitative estimate of drug-likeness (QED) is 0.197. The van der Waals surface area contributed by atoms with Gasteiger partial charge in [-0.3, -0.25) is 0 Å². The van der Waals surface area contributed by atoms with Gasteiger partial charge in [0.25, 0.3) is 0 Å². The Morgan fingerprint density at radius 2 is 1.69 bits per heavy atom. The summed E-state index contributed by atoms with van der Waals surface area (Å²) in [5, 5.41) is 8.66. The molecule has 0 saturated carbocycles. The van der Waals surface area contributed by atoms with Crippen LogP contribution in [-0.4, -0.2) is 37.7 Å². The molecule has 0 fully saturated rings. The number of benzene rings is 2. The number of nitrogens with zero attached hydrogens (tertiary/aromatic N) is 1. The third-order valence-corrected chi connectivity index (χ3v) is 4.22. The Balaban J connectivity index is 0.00000204. The van der Waals surface area contributed by atoms with Gasteiger partial charge >= 0.3 is 27.7 Å².